The molecule has 2 aliphatic rings. The molecule has 7 nitrogen and oxygen atoms in total. The van der Waals surface area contributed by atoms with Crippen molar-refractivity contribution in [2.75, 3.05) is 19.7 Å². The number of likely N-dealkylation sites (tertiary alicyclic amines) is 1. The molecule has 1 aliphatic carbocycles. The lowest BCUT2D eigenvalue weighted by molar-refractivity contribution is -0.140. The van der Waals surface area contributed by atoms with E-state index in [2.05, 4.69) is 4.72 Å². The molecule has 0 spiro atoms. The molecule has 2 atom stereocenters. The summed E-state index contributed by atoms with van der Waals surface area (Å²) in [5.41, 5.74) is 0.220. The first-order valence-corrected chi connectivity index (χ1v) is 11.5. The SMILES string of the molecule is CCNS(=O)(=O)c1ccc(C(=O)OCC(=O)N2CCC[C@H]3CCCC[C@H]32)cc1. The highest BCUT2D eigenvalue weighted by molar-refractivity contribution is 7.89. The number of nitrogens with one attached hydrogen (secondary N) is 1. The molecule has 0 radical (unpaired) electrons. The molecule has 1 N–H and O–H groups in total. The summed E-state index contributed by atoms with van der Waals surface area (Å²) in [6, 6.07) is 5.79. The van der Waals surface area contributed by atoms with Crippen LogP contribution in [0.5, 0.6) is 0 Å². The van der Waals surface area contributed by atoms with Crippen molar-refractivity contribution in [3.05, 3.63) is 29.8 Å². The molecule has 154 valence electrons. The summed E-state index contributed by atoms with van der Waals surface area (Å²) in [6.45, 7) is 2.43. The first kappa shape index (κ1) is 20.8. The quantitative estimate of drug-likeness (QED) is 0.729. The number of hydrogen-bond donors (Lipinski definition) is 1. The highest BCUT2D eigenvalue weighted by atomic mass is 32.2. The van der Waals surface area contributed by atoms with Crippen LogP contribution in [0.1, 0.15) is 55.8 Å². The number of fused-ring (bicyclic) bond motifs is 1. The Morgan fingerprint density at radius 2 is 1.79 bits per heavy atom. The predicted octanol–water partition coefficient (Wildman–Crippen LogP) is 2.32. The lowest BCUT2D eigenvalue weighted by Crippen LogP contribution is -2.50. The summed E-state index contributed by atoms with van der Waals surface area (Å²) in [4.78, 5) is 26.8. The third kappa shape index (κ3) is 4.72. The van der Waals surface area contributed by atoms with Crippen LogP contribution in [0.25, 0.3) is 0 Å². The zero-order valence-electron chi connectivity index (χ0n) is 16.2. The second-order valence-corrected chi connectivity index (χ2v) is 9.21. The molecule has 1 saturated heterocycles. The number of benzene rings is 1. The standard InChI is InChI=1S/C20H28N2O5S/c1-2-21-28(25,26)17-11-9-16(10-12-17)20(24)27-14-19(23)22-13-5-7-15-6-3-4-8-18(15)22/h9-12,15,18,21H,2-8,13-14H2,1H3/t15-,18-/m1/s1. The number of hydrogen-bond acceptors (Lipinski definition) is 5. The molecule has 1 aliphatic heterocycles. The minimum atomic E-state index is -3.57. The molecule has 1 aromatic carbocycles. The second kappa shape index (κ2) is 9.05. The van der Waals surface area contributed by atoms with Crippen LogP contribution in [0.4, 0.5) is 0 Å². The van der Waals surface area contributed by atoms with Gasteiger partial charge in [0.25, 0.3) is 5.91 Å². The second-order valence-electron chi connectivity index (χ2n) is 7.44. The van der Waals surface area contributed by atoms with Gasteiger partial charge >= 0.3 is 5.97 Å². The van der Waals surface area contributed by atoms with E-state index in [1.54, 1.807) is 6.92 Å². The van der Waals surface area contributed by atoms with Crippen molar-refractivity contribution < 1.29 is 22.7 Å². The smallest absolute Gasteiger partial charge is 0.338 e. The maximum atomic E-state index is 12.6. The Morgan fingerprint density at radius 3 is 2.50 bits per heavy atom. The summed E-state index contributed by atoms with van der Waals surface area (Å²) in [7, 11) is -3.57. The van der Waals surface area contributed by atoms with Gasteiger partial charge in [-0.25, -0.2) is 17.9 Å². The van der Waals surface area contributed by atoms with Gasteiger partial charge in [0.2, 0.25) is 10.0 Å². The van der Waals surface area contributed by atoms with Gasteiger partial charge in [-0.05, 0) is 55.9 Å². The Hall–Kier alpha value is -1.93. The van der Waals surface area contributed by atoms with Crippen LogP contribution in [-0.4, -0.2) is 50.9 Å². The minimum Gasteiger partial charge on any atom is -0.452 e. The summed E-state index contributed by atoms with van der Waals surface area (Å²) < 4.78 is 31.5. The van der Waals surface area contributed by atoms with Gasteiger partial charge in [-0.3, -0.25) is 4.79 Å². The zero-order valence-corrected chi connectivity index (χ0v) is 17.0. The van der Waals surface area contributed by atoms with Crippen LogP contribution in [0.3, 0.4) is 0 Å². The normalized spacial score (nSPS) is 22.4. The average Bonchev–Trinajstić information content (AvgIpc) is 2.71. The number of rotatable bonds is 6. The van der Waals surface area contributed by atoms with Crippen LogP contribution in [0.2, 0.25) is 0 Å². The van der Waals surface area contributed by atoms with Gasteiger partial charge in [0.05, 0.1) is 10.5 Å². The molecule has 8 heteroatoms. The number of esters is 1. The fourth-order valence-corrected chi connectivity index (χ4v) is 5.31. The Balaban J connectivity index is 1.57. The number of ether oxygens (including phenoxy) is 1. The van der Waals surface area contributed by atoms with Gasteiger partial charge in [0.1, 0.15) is 0 Å². The Morgan fingerprint density at radius 1 is 1.11 bits per heavy atom. The molecule has 3 rings (SSSR count). The highest BCUT2D eigenvalue weighted by Crippen LogP contribution is 2.35. The first-order chi connectivity index (χ1) is 13.4. The minimum absolute atomic E-state index is 0.0821. The summed E-state index contributed by atoms with van der Waals surface area (Å²) in [6.07, 6.45) is 6.77. The van der Waals surface area contributed by atoms with E-state index in [4.69, 9.17) is 4.74 Å². The van der Waals surface area contributed by atoms with E-state index in [0.717, 1.165) is 25.8 Å². The van der Waals surface area contributed by atoms with Gasteiger partial charge in [-0.2, -0.15) is 0 Å². The summed E-state index contributed by atoms with van der Waals surface area (Å²) in [5, 5.41) is 0. The number of nitrogens with zero attached hydrogens (tertiary/aromatic N) is 1. The Bertz CT molecular complexity index is 804. The van der Waals surface area contributed by atoms with Crippen molar-refractivity contribution in [1.29, 1.82) is 0 Å². The lowest BCUT2D eigenvalue weighted by atomic mass is 9.78. The maximum absolute atomic E-state index is 12.6. The van der Waals surface area contributed by atoms with E-state index in [1.807, 2.05) is 4.90 Å². The predicted molar refractivity (Wildman–Crippen MR) is 104 cm³/mol. The fourth-order valence-electron chi connectivity index (χ4n) is 4.27. The molecular formula is C20H28N2O5S. The van der Waals surface area contributed by atoms with Gasteiger partial charge < -0.3 is 9.64 Å². The van der Waals surface area contributed by atoms with Crippen molar-refractivity contribution in [2.24, 2.45) is 5.92 Å². The third-order valence-electron chi connectivity index (χ3n) is 5.62. The molecule has 1 aromatic rings. The molecule has 2 fully saturated rings. The van der Waals surface area contributed by atoms with Crippen LogP contribution in [0, 0.1) is 5.92 Å². The number of carbonyl (C=O) groups is 2. The molecule has 0 bridgehead atoms. The van der Waals surface area contributed by atoms with Gasteiger partial charge in [-0.15, -0.1) is 0 Å². The van der Waals surface area contributed by atoms with Crippen LogP contribution in [-0.2, 0) is 19.6 Å². The third-order valence-corrected chi connectivity index (χ3v) is 7.19. The van der Waals surface area contributed by atoms with Crippen molar-refractivity contribution in [3.63, 3.8) is 0 Å². The average molecular weight is 409 g/mol. The van der Waals surface area contributed by atoms with Crippen molar-refractivity contribution in [1.82, 2.24) is 9.62 Å². The van der Waals surface area contributed by atoms with E-state index in [1.165, 1.54) is 43.5 Å². The van der Waals surface area contributed by atoms with E-state index in [9.17, 15) is 18.0 Å². The largest absolute Gasteiger partial charge is 0.452 e. The first-order valence-electron chi connectivity index (χ1n) is 9.98. The molecule has 1 amide bonds. The van der Waals surface area contributed by atoms with Crippen molar-refractivity contribution >= 4 is 21.9 Å². The fraction of sp³-hybridized carbons (Fsp3) is 0.600. The van der Waals surface area contributed by atoms with Crippen LogP contribution >= 0.6 is 0 Å². The Labute approximate surface area is 166 Å². The molecule has 0 unspecified atom stereocenters. The van der Waals surface area contributed by atoms with E-state index >= 15 is 0 Å². The maximum Gasteiger partial charge on any atom is 0.338 e. The van der Waals surface area contributed by atoms with Gasteiger partial charge in [0, 0.05) is 19.1 Å². The monoisotopic (exact) mass is 408 g/mol. The highest BCUT2D eigenvalue weighted by Gasteiger charge is 2.35. The molecular weight excluding hydrogens is 380 g/mol. The number of carbonyl (C=O) groups excluding carboxylic acids is 2. The summed E-state index contributed by atoms with van der Waals surface area (Å²) in [5.74, 6) is -0.192. The van der Waals surface area contributed by atoms with E-state index in [0.29, 0.717) is 5.92 Å². The number of amides is 1. The summed E-state index contributed by atoms with van der Waals surface area (Å²) >= 11 is 0. The molecule has 28 heavy (non-hydrogen) atoms. The van der Waals surface area contributed by atoms with Crippen LogP contribution < -0.4 is 4.72 Å². The van der Waals surface area contributed by atoms with Gasteiger partial charge in [0.15, 0.2) is 6.61 Å². The van der Waals surface area contributed by atoms with Gasteiger partial charge in [-0.1, -0.05) is 19.8 Å². The van der Waals surface area contributed by atoms with Crippen molar-refractivity contribution in [2.45, 2.75) is 56.4 Å². The topological polar surface area (TPSA) is 92.8 Å². The number of sulfonamides is 1. The molecule has 0 aromatic heterocycles. The van der Waals surface area contributed by atoms with E-state index in [-0.39, 0.29) is 35.6 Å². The van der Waals surface area contributed by atoms with Crippen molar-refractivity contribution in [3.8, 4) is 0 Å². The lowest BCUT2D eigenvalue weighted by Gasteiger charge is -2.44. The zero-order chi connectivity index (χ0) is 20.1. The van der Waals surface area contributed by atoms with Crippen LogP contribution in [0.15, 0.2) is 29.2 Å². The Kier molecular flexibility index (Phi) is 6.72. The molecule has 1 heterocycles. The number of piperidine rings is 1. The molecule has 1 saturated carbocycles. The van der Waals surface area contributed by atoms with E-state index < -0.39 is 16.0 Å².